The van der Waals surface area contributed by atoms with Crippen LogP contribution in [0.2, 0.25) is 0 Å². The van der Waals surface area contributed by atoms with Gasteiger partial charge in [0, 0.05) is 0 Å². The number of rotatable bonds is 18. The number of hydrogen-bond acceptors (Lipinski definition) is 7. The molecule has 0 aliphatic heterocycles. The SMILES string of the molecule is CCCCO[PH](N=NC(Cl)CC(Cl)c1ccc([N+](=O)[O-])cc1)(OCCCC)OCCCC. The van der Waals surface area contributed by atoms with Crippen LogP contribution < -0.4 is 0 Å². The summed E-state index contributed by atoms with van der Waals surface area (Å²) in [5, 5.41) is 14.6. The van der Waals surface area contributed by atoms with Crippen LogP contribution in [0.25, 0.3) is 0 Å². The molecule has 1 rings (SSSR count). The molecule has 184 valence electrons. The number of unbranched alkanes of at least 4 members (excludes halogenated alkanes) is 3. The number of halogens is 2. The zero-order valence-electron chi connectivity index (χ0n) is 19.2. The van der Waals surface area contributed by atoms with Gasteiger partial charge < -0.3 is 0 Å². The normalized spacial score (nSPS) is 14.5. The van der Waals surface area contributed by atoms with Crippen LogP contribution in [0.15, 0.2) is 34.3 Å². The molecule has 2 atom stereocenters. The molecular formula is C21H36Cl2N3O5P. The van der Waals surface area contributed by atoms with E-state index in [0.717, 1.165) is 44.1 Å². The second-order valence-corrected chi connectivity index (χ2v) is 10.5. The van der Waals surface area contributed by atoms with E-state index < -0.39 is 23.9 Å². The van der Waals surface area contributed by atoms with E-state index >= 15 is 0 Å². The Morgan fingerprint density at radius 2 is 1.41 bits per heavy atom. The Balaban J connectivity index is 2.87. The van der Waals surface area contributed by atoms with Crippen LogP contribution >= 0.6 is 31.3 Å². The Morgan fingerprint density at radius 1 is 0.938 bits per heavy atom. The van der Waals surface area contributed by atoms with Crippen molar-refractivity contribution < 1.29 is 18.5 Å². The third kappa shape index (κ3) is 11.3. The summed E-state index contributed by atoms with van der Waals surface area (Å²) in [6, 6.07) is 6.06. The van der Waals surface area contributed by atoms with Gasteiger partial charge in [0.1, 0.15) is 0 Å². The van der Waals surface area contributed by atoms with Gasteiger partial charge >= 0.3 is 202 Å². The van der Waals surface area contributed by atoms with E-state index in [-0.39, 0.29) is 12.1 Å². The molecular weight excluding hydrogens is 476 g/mol. The van der Waals surface area contributed by atoms with Gasteiger partial charge in [-0.1, -0.05) is 0 Å². The molecule has 0 fully saturated rings. The molecule has 0 radical (unpaired) electrons. The summed E-state index contributed by atoms with van der Waals surface area (Å²) in [6.07, 6.45) is 5.83. The Morgan fingerprint density at radius 3 is 1.81 bits per heavy atom. The van der Waals surface area contributed by atoms with Crippen molar-refractivity contribution in [2.75, 3.05) is 19.8 Å². The Labute approximate surface area is 201 Å². The van der Waals surface area contributed by atoms with E-state index in [2.05, 4.69) is 30.8 Å². The molecule has 11 heteroatoms. The van der Waals surface area contributed by atoms with Gasteiger partial charge in [0.15, 0.2) is 0 Å². The monoisotopic (exact) mass is 511 g/mol. The Hall–Kier alpha value is -0.890. The van der Waals surface area contributed by atoms with Gasteiger partial charge in [0.05, 0.1) is 0 Å². The maximum atomic E-state index is 10.8. The third-order valence-corrected chi connectivity index (χ3v) is 7.28. The van der Waals surface area contributed by atoms with Crippen molar-refractivity contribution in [3.63, 3.8) is 0 Å². The van der Waals surface area contributed by atoms with Gasteiger partial charge in [-0.25, -0.2) is 0 Å². The fraction of sp³-hybridized carbons (Fsp3) is 0.714. The summed E-state index contributed by atoms with van der Waals surface area (Å²) in [4.78, 5) is 14.7. The molecule has 0 aliphatic rings. The molecule has 1 aromatic rings. The summed E-state index contributed by atoms with van der Waals surface area (Å²) in [6.45, 7) is 7.68. The van der Waals surface area contributed by atoms with E-state index in [1.807, 2.05) is 0 Å². The number of nitro benzene ring substituents is 1. The molecule has 0 saturated carbocycles. The first-order chi connectivity index (χ1) is 15.4. The van der Waals surface area contributed by atoms with Crippen LogP contribution in [0.1, 0.15) is 76.7 Å². The molecule has 2 unspecified atom stereocenters. The summed E-state index contributed by atoms with van der Waals surface area (Å²) < 4.78 is 18.1. The third-order valence-electron chi connectivity index (χ3n) is 4.52. The van der Waals surface area contributed by atoms with Crippen molar-refractivity contribution in [2.24, 2.45) is 10.00 Å². The first-order valence-corrected chi connectivity index (χ1v) is 13.8. The first-order valence-electron chi connectivity index (χ1n) is 11.2. The fourth-order valence-corrected chi connectivity index (χ4v) is 5.15. The molecule has 0 spiro atoms. The molecule has 32 heavy (non-hydrogen) atoms. The van der Waals surface area contributed by atoms with Gasteiger partial charge in [-0.05, 0) is 0 Å². The molecule has 1 aromatic carbocycles. The standard InChI is InChI=1S/C21H36Cl2N3O5P/c1-4-7-14-29-32(30-15-8-5-2,31-16-9-6-3)25-24-21(23)17-20(22)18-10-12-19(13-11-18)26(27)28/h10-13,20-21,32H,4-9,14-17H2,1-3H3. The second kappa shape index (κ2) is 16.7. The number of benzene rings is 1. The number of nitrogens with zero attached hydrogens (tertiary/aromatic N) is 3. The van der Waals surface area contributed by atoms with Crippen LogP contribution in [0.5, 0.6) is 0 Å². The number of alkyl halides is 2. The second-order valence-electron chi connectivity index (χ2n) is 7.33. The molecule has 0 heterocycles. The van der Waals surface area contributed by atoms with Gasteiger partial charge in [-0.2, -0.15) is 0 Å². The van der Waals surface area contributed by atoms with Crippen molar-refractivity contribution in [3.8, 4) is 0 Å². The molecule has 0 amide bonds. The topological polar surface area (TPSA) is 95.6 Å². The minimum absolute atomic E-state index is 0.00759. The molecule has 8 nitrogen and oxygen atoms in total. The van der Waals surface area contributed by atoms with Crippen molar-refractivity contribution >= 4 is 37.0 Å². The van der Waals surface area contributed by atoms with E-state index in [1.54, 1.807) is 12.1 Å². The predicted octanol–water partition coefficient (Wildman–Crippen LogP) is 8.14. The van der Waals surface area contributed by atoms with Gasteiger partial charge in [-0.3, -0.25) is 0 Å². The van der Waals surface area contributed by atoms with Crippen molar-refractivity contribution in [1.82, 2.24) is 0 Å². The van der Waals surface area contributed by atoms with Crippen molar-refractivity contribution in [1.29, 1.82) is 0 Å². The average Bonchev–Trinajstić information content (AvgIpc) is 2.78. The molecule has 0 N–H and O–H groups in total. The van der Waals surface area contributed by atoms with E-state index in [4.69, 9.17) is 36.8 Å². The number of nitro groups is 1. The molecule has 0 bridgehead atoms. The summed E-state index contributed by atoms with van der Waals surface area (Å²) >= 11 is 12.9. The summed E-state index contributed by atoms with van der Waals surface area (Å²) in [5.74, 6) is 0. The van der Waals surface area contributed by atoms with Crippen LogP contribution in [0.3, 0.4) is 0 Å². The van der Waals surface area contributed by atoms with Crippen molar-refractivity contribution in [2.45, 2.75) is 76.6 Å². The molecule has 0 aliphatic carbocycles. The first kappa shape index (κ1) is 29.1. The number of hydrogen-bond donors (Lipinski definition) is 0. The Kier molecular flexibility index (Phi) is 15.2. The van der Waals surface area contributed by atoms with Gasteiger partial charge in [0.25, 0.3) is 0 Å². The van der Waals surface area contributed by atoms with Crippen LogP contribution in [-0.4, -0.2) is 30.2 Å². The predicted molar refractivity (Wildman–Crippen MR) is 132 cm³/mol. The quantitative estimate of drug-likeness (QED) is 0.0376. The van der Waals surface area contributed by atoms with Gasteiger partial charge in [0.2, 0.25) is 0 Å². The van der Waals surface area contributed by atoms with Crippen LogP contribution in [0, 0.1) is 10.1 Å². The maximum absolute atomic E-state index is 10.8. The van der Waals surface area contributed by atoms with Crippen LogP contribution in [0.4, 0.5) is 5.69 Å². The van der Waals surface area contributed by atoms with Crippen molar-refractivity contribution in [3.05, 3.63) is 39.9 Å². The fourth-order valence-electron chi connectivity index (χ4n) is 2.54. The zero-order chi connectivity index (χ0) is 23.8. The number of non-ortho nitro benzene ring substituents is 1. The zero-order valence-corrected chi connectivity index (χ0v) is 21.7. The summed E-state index contributed by atoms with van der Waals surface area (Å²) in [7, 11) is -3.36. The summed E-state index contributed by atoms with van der Waals surface area (Å²) in [5.41, 5.74) is 0.00583. The minimum atomic E-state index is -3.36. The Bertz CT molecular complexity index is 655. The van der Waals surface area contributed by atoms with E-state index in [9.17, 15) is 10.1 Å². The molecule has 0 saturated heterocycles. The molecule has 0 aromatic heterocycles. The van der Waals surface area contributed by atoms with Crippen LogP contribution in [-0.2, 0) is 13.6 Å². The van der Waals surface area contributed by atoms with Gasteiger partial charge in [-0.15, -0.1) is 0 Å². The average molecular weight is 512 g/mol. The van der Waals surface area contributed by atoms with E-state index in [0.29, 0.717) is 19.8 Å². The van der Waals surface area contributed by atoms with E-state index in [1.165, 1.54) is 12.1 Å².